The summed E-state index contributed by atoms with van der Waals surface area (Å²) in [6.45, 7) is -4.46. The standard InChI is InChI=1S/C38H65NO31/c1-8(44)39-15-21(50)30(12(5-43)62-33(15)59)68-38-29(58)32(70-37-27(56)24(53)18(47)11(4-42)65-37)20(49)14(67-38)7-61-35-28(57)31(69-36-26(55)23(52)17(46)10(3-41)64-36)19(48)13(66-35)6-60-34-25(54)22(51)16(45)9(2-40)63-34/h9-38,40-43,45-59H,2-7H2,1H3,(H,39,44)/t9-,10-,11-,12+,13-,14-,15+,16-,17-,18-,19-,20-,21+,22+,23+,24+,25+,26+,27+,28+,29+,30+,31+,32+,33+,34+,35+,36-,37-,38-/m0/s1. The lowest BCUT2D eigenvalue weighted by molar-refractivity contribution is -0.384. The Hall–Kier alpha value is -1.73. The largest absolute Gasteiger partial charge is 0.394 e. The minimum Gasteiger partial charge on any atom is -0.394 e. The maximum Gasteiger partial charge on any atom is 0.217 e. The highest BCUT2D eigenvalue weighted by atomic mass is 16.8. The summed E-state index contributed by atoms with van der Waals surface area (Å²) in [5.41, 5.74) is 0. The van der Waals surface area contributed by atoms with E-state index in [0.717, 1.165) is 6.92 Å². The highest BCUT2D eigenvalue weighted by Gasteiger charge is 2.56. The van der Waals surface area contributed by atoms with Gasteiger partial charge in [-0.05, 0) is 0 Å². The Morgan fingerprint density at radius 2 is 0.700 bits per heavy atom. The second-order valence-electron chi connectivity index (χ2n) is 17.6. The Labute approximate surface area is 395 Å². The quantitative estimate of drug-likeness (QED) is 0.0643. The first-order valence-corrected chi connectivity index (χ1v) is 22.1. The lowest BCUT2D eigenvalue weighted by Gasteiger charge is -2.49. The van der Waals surface area contributed by atoms with E-state index in [9.17, 15) is 102 Å². The Kier molecular flexibility index (Phi) is 20.3. The molecule has 6 aliphatic rings. The van der Waals surface area contributed by atoms with Crippen LogP contribution in [0.4, 0.5) is 0 Å². The van der Waals surface area contributed by atoms with E-state index in [2.05, 4.69) is 5.32 Å². The zero-order valence-corrected chi connectivity index (χ0v) is 37.0. The second kappa shape index (κ2) is 24.7. The fourth-order valence-corrected chi connectivity index (χ4v) is 8.70. The molecule has 6 fully saturated rings. The van der Waals surface area contributed by atoms with Crippen LogP contribution in [0.5, 0.6) is 0 Å². The first-order chi connectivity index (χ1) is 33.1. The molecule has 1 amide bonds. The molecule has 0 aromatic rings. The third-order valence-corrected chi connectivity index (χ3v) is 12.8. The topological polar surface area (TPSA) is 515 Å². The summed E-state index contributed by atoms with van der Waals surface area (Å²) in [6, 6.07) is -1.60. The smallest absolute Gasteiger partial charge is 0.217 e. The van der Waals surface area contributed by atoms with Crippen LogP contribution in [0.3, 0.4) is 0 Å². The number of aliphatic hydroxyl groups is 19. The van der Waals surface area contributed by atoms with E-state index in [1.807, 2.05) is 0 Å². The summed E-state index contributed by atoms with van der Waals surface area (Å²) in [6.07, 6.45) is -55.8. The molecule has 20 N–H and O–H groups in total. The Bertz CT molecular complexity index is 1620. The predicted molar refractivity (Wildman–Crippen MR) is 211 cm³/mol. The summed E-state index contributed by atoms with van der Waals surface area (Å²) in [5, 5.41) is 204. The van der Waals surface area contributed by atoms with Crippen molar-refractivity contribution in [1.29, 1.82) is 0 Å². The third-order valence-electron chi connectivity index (χ3n) is 12.8. The van der Waals surface area contributed by atoms with E-state index >= 15 is 0 Å². The van der Waals surface area contributed by atoms with Crippen LogP contribution in [0.1, 0.15) is 6.92 Å². The number of carbonyl (C=O) groups excluding carboxylic acids is 1. The van der Waals surface area contributed by atoms with Gasteiger partial charge in [-0.1, -0.05) is 0 Å². The predicted octanol–water partition coefficient (Wildman–Crippen LogP) is -14.0. The average Bonchev–Trinajstić information content (AvgIpc) is 3.33. The van der Waals surface area contributed by atoms with Gasteiger partial charge < -0.3 is 154 Å². The molecule has 32 heteroatoms. The van der Waals surface area contributed by atoms with Gasteiger partial charge in [0.15, 0.2) is 37.7 Å². The van der Waals surface area contributed by atoms with Crippen LogP contribution in [-0.2, 0) is 56.9 Å². The number of amides is 1. The lowest BCUT2D eigenvalue weighted by Crippen LogP contribution is -2.68. The van der Waals surface area contributed by atoms with Crippen LogP contribution in [-0.4, -0.2) is 327 Å². The van der Waals surface area contributed by atoms with Crippen LogP contribution < -0.4 is 5.32 Å². The fraction of sp³-hybridized carbons (Fsp3) is 0.974. The minimum atomic E-state index is -2.22. The number of carbonyl (C=O) groups is 1. The maximum atomic E-state index is 11.9. The molecule has 0 bridgehead atoms. The molecule has 6 rings (SSSR count). The van der Waals surface area contributed by atoms with Gasteiger partial charge in [0, 0.05) is 6.92 Å². The van der Waals surface area contributed by atoms with E-state index in [4.69, 9.17) is 52.1 Å². The highest BCUT2D eigenvalue weighted by molar-refractivity contribution is 5.73. The molecular formula is C38H65NO31. The molecule has 6 aliphatic heterocycles. The monoisotopic (exact) mass is 1030 g/mol. The van der Waals surface area contributed by atoms with Gasteiger partial charge in [0.25, 0.3) is 0 Å². The summed E-state index contributed by atoms with van der Waals surface area (Å²) < 4.78 is 61.8. The average molecular weight is 1030 g/mol. The van der Waals surface area contributed by atoms with Crippen molar-refractivity contribution in [1.82, 2.24) is 5.32 Å². The van der Waals surface area contributed by atoms with Crippen LogP contribution in [0, 0.1) is 0 Å². The van der Waals surface area contributed by atoms with Crippen molar-refractivity contribution in [3.8, 4) is 0 Å². The second-order valence-corrected chi connectivity index (χ2v) is 17.6. The first-order valence-electron chi connectivity index (χ1n) is 22.1. The van der Waals surface area contributed by atoms with Gasteiger partial charge in [0.05, 0.1) is 39.6 Å². The molecule has 0 aliphatic carbocycles. The fourth-order valence-electron chi connectivity index (χ4n) is 8.70. The molecule has 32 nitrogen and oxygen atoms in total. The molecule has 0 spiro atoms. The summed E-state index contributed by atoms with van der Waals surface area (Å²) in [7, 11) is 0. The number of hydrogen-bond donors (Lipinski definition) is 20. The van der Waals surface area contributed by atoms with Gasteiger partial charge in [0.1, 0.15) is 146 Å². The van der Waals surface area contributed by atoms with Gasteiger partial charge in [0.2, 0.25) is 5.91 Å². The molecule has 0 radical (unpaired) electrons. The normalized spacial score (nSPS) is 51.5. The lowest BCUT2D eigenvalue weighted by atomic mass is 9.95. The molecule has 0 unspecified atom stereocenters. The molecule has 70 heavy (non-hydrogen) atoms. The molecule has 0 saturated carbocycles. The zero-order chi connectivity index (χ0) is 51.6. The zero-order valence-electron chi connectivity index (χ0n) is 37.0. The van der Waals surface area contributed by atoms with Gasteiger partial charge in [-0.15, -0.1) is 0 Å². The molecule has 6 heterocycles. The Balaban J connectivity index is 1.27. The minimum absolute atomic E-state index is 0.752. The van der Waals surface area contributed by atoms with Crippen molar-refractivity contribution in [2.75, 3.05) is 39.6 Å². The Morgan fingerprint density at radius 1 is 0.371 bits per heavy atom. The van der Waals surface area contributed by atoms with Crippen molar-refractivity contribution in [3.63, 3.8) is 0 Å². The summed E-state index contributed by atoms with van der Waals surface area (Å²) in [4.78, 5) is 11.9. The number of nitrogens with one attached hydrogen (secondary N) is 1. The highest BCUT2D eigenvalue weighted by Crippen LogP contribution is 2.35. The molecule has 0 aromatic heterocycles. The van der Waals surface area contributed by atoms with E-state index in [0.29, 0.717) is 0 Å². The van der Waals surface area contributed by atoms with Gasteiger partial charge in [-0.25, -0.2) is 0 Å². The van der Waals surface area contributed by atoms with Crippen molar-refractivity contribution >= 4 is 5.91 Å². The number of hydrogen-bond acceptors (Lipinski definition) is 31. The molecule has 408 valence electrons. The van der Waals surface area contributed by atoms with E-state index in [1.54, 1.807) is 0 Å². The SMILES string of the molecule is CC(=O)N[C@@H]1[C@@H](O)[C@H](O[C@@H]2O[C@@H](CO[C@@H]3O[C@@H](CO[C@@H]4O[C@@H](CO)[C@H](O)[C@@H](O)[C@H]4O)[C@H](O)[C@@H](O[C@@H]4O[C@@H](CO)[C@H](O)[C@@H](O)[C@H]4O)[C@H]3O)[C@H](O)[C@@H](O[C@@H]3O[C@@H](CO)[C@H](O)[C@@H](O)[C@H]3O)[C@H]2O)[C@@H](CO)O[C@H]1O. The van der Waals surface area contributed by atoms with Crippen molar-refractivity contribution in [2.45, 2.75) is 191 Å². The maximum absolute atomic E-state index is 11.9. The third kappa shape index (κ3) is 12.2. The van der Waals surface area contributed by atoms with E-state index in [-0.39, 0.29) is 0 Å². The molecule has 30 atom stereocenters. The van der Waals surface area contributed by atoms with Crippen LogP contribution in [0.25, 0.3) is 0 Å². The molecular weight excluding hydrogens is 966 g/mol. The number of ether oxygens (including phenoxy) is 11. The summed E-state index contributed by atoms with van der Waals surface area (Å²) in [5.74, 6) is -0.752. The van der Waals surface area contributed by atoms with E-state index in [1.165, 1.54) is 0 Å². The van der Waals surface area contributed by atoms with Crippen LogP contribution >= 0.6 is 0 Å². The van der Waals surface area contributed by atoms with Crippen molar-refractivity contribution < 1.29 is 154 Å². The summed E-state index contributed by atoms with van der Waals surface area (Å²) >= 11 is 0. The van der Waals surface area contributed by atoms with Crippen LogP contribution in [0.15, 0.2) is 0 Å². The number of aliphatic hydroxyl groups excluding tert-OH is 19. The van der Waals surface area contributed by atoms with Gasteiger partial charge in [-0.2, -0.15) is 0 Å². The van der Waals surface area contributed by atoms with Crippen LogP contribution in [0.2, 0.25) is 0 Å². The molecule has 6 saturated heterocycles. The Morgan fingerprint density at radius 3 is 1.11 bits per heavy atom. The van der Waals surface area contributed by atoms with Gasteiger partial charge >= 0.3 is 0 Å². The van der Waals surface area contributed by atoms with Crippen molar-refractivity contribution in [2.24, 2.45) is 0 Å². The number of rotatable bonds is 17. The van der Waals surface area contributed by atoms with Crippen molar-refractivity contribution in [3.05, 3.63) is 0 Å². The first kappa shape index (κ1) is 57.5. The van der Waals surface area contributed by atoms with E-state index < -0.39 is 230 Å². The van der Waals surface area contributed by atoms with Gasteiger partial charge in [-0.3, -0.25) is 4.79 Å². The molecule has 0 aromatic carbocycles.